The molecule has 0 heterocycles. The van der Waals surface area contributed by atoms with E-state index in [9.17, 15) is 0 Å². The fraction of sp³-hybridized carbons (Fsp3) is 0.250. The van der Waals surface area contributed by atoms with Gasteiger partial charge in [0, 0.05) is 0 Å². The predicted molar refractivity (Wildman–Crippen MR) is 104 cm³/mol. The number of hydrogen-bond donors (Lipinski definition) is 0. The van der Waals surface area contributed by atoms with Crippen molar-refractivity contribution in [3.63, 3.8) is 0 Å². The van der Waals surface area contributed by atoms with Gasteiger partial charge in [0.05, 0.1) is 0 Å². The molecule has 3 aromatic rings. The molecule has 0 saturated carbocycles. The fourth-order valence-corrected chi connectivity index (χ4v) is 3.22. The zero-order valence-electron chi connectivity index (χ0n) is 15.2. The molecule has 0 aromatic heterocycles. The first-order chi connectivity index (χ1) is 11.5. The van der Waals surface area contributed by atoms with E-state index in [0.29, 0.717) is 0 Å². The lowest BCUT2D eigenvalue weighted by atomic mass is 9.94. The van der Waals surface area contributed by atoms with Crippen LogP contribution in [0.4, 0.5) is 0 Å². The Morgan fingerprint density at radius 1 is 0.500 bits per heavy atom. The third kappa shape index (κ3) is 3.59. The van der Waals surface area contributed by atoms with E-state index in [-0.39, 0.29) is 0 Å². The van der Waals surface area contributed by atoms with Crippen molar-refractivity contribution in [2.45, 2.75) is 40.5 Å². The molecule has 0 aliphatic rings. The molecule has 0 radical (unpaired) electrons. The lowest BCUT2D eigenvalue weighted by molar-refractivity contribution is 1.11. The van der Waals surface area contributed by atoms with Crippen LogP contribution in [0.25, 0.3) is 0 Å². The molecule has 0 unspecified atom stereocenters. The Kier molecular flexibility index (Phi) is 4.85. The van der Waals surface area contributed by atoms with Gasteiger partial charge in [-0.1, -0.05) is 60.7 Å². The van der Waals surface area contributed by atoms with E-state index in [1.807, 2.05) is 0 Å². The molecule has 3 aromatic carbocycles. The normalized spacial score (nSPS) is 10.8. The topological polar surface area (TPSA) is 0 Å². The summed E-state index contributed by atoms with van der Waals surface area (Å²) in [6.07, 6.45) is 2.02. The number of benzene rings is 3. The third-order valence-corrected chi connectivity index (χ3v) is 5.25. The minimum Gasteiger partial charge on any atom is -0.0617 e. The summed E-state index contributed by atoms with van der Waals surface area (Å²) in [6, 6.07) is 22.3. The minimum absolute atomic E-state index is 1.01. The molecule has 24 heavy (non-hydrogen) atoms. The van der Waals surface area contributed by atoms with Gasteiger partial charge in [0.25, 0.3) is 0 Å². The quantitative estimate of drug-likeness (QED) is 0.545. The Balaban J connectivity index is 1.76. The SMILES string of the molecule is Cc1cccc(Cc2ccc(Cc3cccc(C)c3C)cc2)c1C. The monoisotopic (exact) mass is 314 g/mol. The van der Waals surface area contributed by atoms with Crippen LogP contribution in [-0.2, 0) is 12.8 Å². The molecule has 0 spiro atoms. The van der Waals surface area contributed by atoms with E-state index < -0.39 is 0 Å². The van der Waals surface area contributed by atoms with Crippen LogP contribution in [0.15, 0.2) is 60.7 Å². The number of aryl methyl sites for hydroxylation is 2. The molecule has 0 saturated heterocycles. The van der Waals surface area contributed by atoms with Crippen LogP contribution in [0.1, 0.15) is 44.5 Å². The fourth-order valence-electron chi connectivity index (χ4n) is 3.22. The Morgan fingerprint density at radius 2 is 0.875 bits per heavy atom. The smallest absolute Gasteiger partial charge is 0.00230 e. The molecule has 0 aliphatic carbocycles. The summed E-state index contributed by atoms with van der Waals surface area (Å²) in [6.45, 7) is 8.82. The van der Waals surface area contributed by atoms with Gasteiger partial charge in [-0.25, -0.2) is 0 Å². The summed E-state index contributed by atoms with van der Waals surface area (Å²) in [4.78, 5) is 0. The van der Waals surface area contributed by atoms with E-state index in [4.69, 9.17) is 0 Å². The highest BCUT2D eigenvalue weighted by atomic mass is 14.1. The highest BCUT2D eigenvalue weighted by Crippen LogP contribution is 2.20. The summed E-state index contributed by atoms with van der Waals surface area (Å²) >= 11 is 0. The largest absolute Gasteiger partial charge is 0.0617 e. The van der Waals surface area contributed by atoms with Gasteiger partial charge in [-0.15, -0.1) is 0 Å². The maximum absolute atomic E-state index is 2.28. The van der Waals surface area contributed by atoms with Crippen molar-refractivity contribution in [1.82, 2.24) is 0 Å². The summed E-state index contributed by atoms with van der Waals surface area (Å²) in [5, 5.41) is 0. The molecule has 0 aliphatic heterocycles. The summed E-state index contributed by atoms with van der Waals surface area (Å²) in [5.74, 6) is 0. The molecule has 0 bridgehead atoms. The maximum atomic E-state index is 2.28. The third-order valence-electron chi connectivity index (χ3n) is 5.25. The standard InChI is InChI=1S/C24H26/c1-17-7-5-9-23(19(17)3)15-21-11-13-22(14-12-21)16-24-10-6-8-18(2)20(24)4/h5-14H,15-16H2,1-4H3. The summed E-state index contributed by atoms with van der Waals surface area (Å²) < 4.78 is 0. The molecule has 0 N–H and O–H groups in total. The second kappa shape index (κ2) is 7.05. The van der Waals surface area contributed by atoms with E-state index in [1.54, 1.807) is 0 Å². The second-order valence-electron chi connectivity index (χ2n) is 6.89. The molecule has 0 nitrogen and oxygen atoms in total. The molecule has 122 valence electrons. The highest BCUT2D eigenvalue weighted by Gasteiger charge is 2.05. The van der Waals surface area contributed by atoms with Crippen LogP contribution in [0, 0.1) is 27.7 Å². The lowest BCUT2D eigenvalue weighted by Crippen LogP contribution is -1.96. The molecule has 0 atom stereocenters. The van der Waals surface area contributed by atoms with Gasteiger partial charge in [0.2, 0.25) is 0 Å². The lowest BCUT2D eigenvalue weighted by Gasteiger charge is -2.11. The van der Waals surface area contributed by atoms with E-state index in [2.05, 4.69) is 88.4 Å². The van der Waals surface area contributed by atoms with E-state index >= 15 is 0 Å². The molecule has 3 rings (SSSR count). The average molecular weight is 314 g/mol. The Bertz CT molecular complexity index is 766. The Hall–Kier alpha value is -2.34. The summed E-state index contributed by atoms with van der Waals surface area (Å²) in [7, 11) is 0. The van der Waals surface area contributed by atoms with Crippen LogP contribution >= 0.6 is 0 Å². The average Bonchev–Trinajstić information content (AvgIpc) is 2.58. The van der Waals surface area contributed by atoms with E-state index in [1.165, 1.54) is 44.5 Å². The summed E-state index contributed by atoms with van der Waals surface area (Å²) in [5.41, 5.74) is 11.2. The van der Waals surface area contributed by atoms with Crippen molar-refractivity contribution in [1.29, 1.82) is 0 Å². The first kappa shape index (κ1) is 16.5. The Labute approximate surface area is 146 Å². The van der Waals surface area contributed by atoms with Crippen LogP contribution in [0.3, 0.4) is 0 Å². The van der Waals surface area contributed by atoms with Crippen LogP contribution in [-0.4, -0.2) is 0 Å². The van der Waals surface area contributed by atoms with Crippen molar-refractivity contribution in [3.05, 3.63) is 105 Å². The highest BCUT2D eigenvalue weighted by molar-refractivity contribution is 5.39. The van der Waals surface area contributed by atoms with Crippen LogP contribution in [0.2, 0.25) is 0 Å². The van der Waals surface area contributed by atoms with Gasteiger partial charge in [-0.3, -0.25) is 0 Å². The van der Waals surface area contributed by atoms with Crippen LogP contribution < -0.4 is 0 Å². The first-order valence-corrected chi connectivity index (χ1v) is 8.72. The van der Waals surface area contributed by atoms with E-state index in [0.717, 1.165) is 12.8 Å². The zero-order chi connectivity index (χ0) is 17.1. The molecule has 0 heteroatoms. The predicted octanol–water partition coefficient (Wildman–Crippen LogP) is 6.10. The first-order valence-electron chi connectivity index (χ1n) is 8.72. The van der Waals surface area contributed by atoms with Crippen molar-refractivity contribution >= 4 is 0 Å². The van der Waals surface area contributed by atoms with Crippen molar-refractivity contribution in [2.24, 2.45) is 0 Å². The molecule has 0 amide bonds. The van der Waals surface area contributed by atoms with Gasteiger partial charge < -0.3 is 0 Å². The Morgan fingerprint density at radius 3 is 1.25 bits per heavy atom. The van der Waals surface area contributed by atoms with Crippen molar-refractivity contribution in [2.75, 3.05) is 0 Å². The van der Waals surface area contributed by atoms with Crippen LogP contribution in [0.5, 0.6) is 0 Å². The van der Waals surface area contributed by atoms with Gasteiger partial charge in [-0.05, 0) is 85.0 Å². The molecular formula is C24H26. The number of hydrogen-bond acceptors (Lipinski definition) is 0. The van der Waals surface area contributed by atoms with Crippen molar-refractivity contribution in [3.8, 4) is 0 Å². The van der Waals surface area contributed by atoms with Gasteiger partial charge in [0.1, 0.15) is 0 Å². The zero-order valence-corrected chi connectivity index (χ0v) is 15.2. The van der Waals surface area contributed by atoms with Gasteiger partial charge in [0.15, 0.2) is 0 Å². The van der Waals surface area contributed by atoms with Crippen molar-refractivity contribution < 1.29 is 0 Å². The molecular weight excluding hydrogens is 288 g/mol. The second-order valence-corrected chi connectivity index (χ2v) is 6.89. The van der Waals surface area contributed by atoms with Gasteiger partial charge in [-0.2, -0.15) is 0 Å². The number of rotatable bonds is 4. The molecule has 0 fully saturated rings. The maximum Gasteiger partial charge on any atom is -0.00230 e. The minimum atomic E-state index is 1.01. The van der Waals surface area contributed by atoms with Gasteiger partial charge >= 0.3 is 0 Å².